The number of rotatable bonds is 6. The average molecular weight is 241 g/mol. The number of hydrogen-bond donors (Lipinski definition) is 1. The molecule has 0 spiro atoms. The van der Waals surface area contributed by atoms with Crippen LogP contribution in [0.2, 0.25) is 0 Å². The quantitative estimate of drug-likeness (QED) is 0.777. The van der Waals surface area contributed by atoms with E-state index < -0.39 is 11.4 Å². The zero-order chi connectivity index (χ0) is 12.9. The van der Waals surface area contributed by atoms with Crippen LogP contribution in [0.25, 0.3) is 0 Å². The molecule has 0 aromatic rings. The summed E-state index contributed by atoms with van der Waals surface area (Å²) in [5, 5.41) is 9.41. The Morgan fingerprint density at radius 3 is 2.35 bits per heavy atom. The topological polar surface area (TPSA) is 40.5 Å². The standard InChI is InChI=1S/C14H27NO2/c1-4-6-14(13(16)17)7-10-15(11-8-14)9-5-12(2)3/h12H,4-11H2,1-3H3,(H,16,17). The molecule has 1 heterocycles. The number of carboxylic acid groups (broad SMARTS) is 1. The summed E-state index contributed by atoms with van der Waals surface area (Å²) in [5.74, 6) is 0.152. The number of likely N-dealkylation sites (tertiary alicyclic amines) is 1. The van der Waals surface area contributed by atoms with E-state index in [1.807, 2.05) is 0 Å². The van der Waals surface area contributed by atoms with Crippen molar-refractivity contribution in [3.63, 3.8) is 0 Å². The van der Waals surface area contributed by atoms with Crippen LogP contribution in [-0.2, 0) is 4.79 Å². The molecule has 0 aromatic heterocycles. The van der Waals surface area contributed by atoms with E-state index in [1.54, 1.807) is 0 Å². The van der Waals surface area contributed by atoms with Crippen molar-refractivity contribution in [2.24, 2.45) is 11.3 Å². The van der Waals surface area contributed by atoms with Crippen molar-refractivity contribution in [2.75, 3.05) is 19.6 Å². The minimum absolute atomic E-state index is 0.427. The summed E-state index contributed by atoms with van der Waals surface area (Å²) in [5.41, 5.74) is -0.427. The molecule has 1 N–H and O–H groups in total. The summed E-state index contributed by atoms with van der Waals surface area (Å²) < 4.78 is 0. The first-order valence-corrected chi connectivity index (χ1v) is 6.96. The van der Waals surface area contributed by atoms with E-state index in [0.717, 1.165) is 51.2 Å². The average Bonchev–Trinajstić information content (AvgIpc) is 2.28. The number of carboxylic acids is 1. The second-order valence-corrected chi connectivity index (χ2v) is 5.86. The maximum Gasteiger partial charge on any atom is 0.309 e. The van der Waals surface area contributed by atoms with Gasteiger partial charge in [-0.2, -0.15) is 0 Å². The molecule has 0 amide bonds. The fourth-order valence-electron chi connectivity index (χ4n) is 2.69. The predicted octanol–water partition coefficient (Wildman–Crippen LogP) is 3.00. The van der Waals surface area contributed by atoms with E-state index in [-0.39, 0.29) is 0 Å². The van der Waals surface area contributed by atoms with Crippen LogP contribution in [0.4, 0.5) is 0 Å². The van der Waals surface area contributed by atoms with Gasteiger partial charge in [-0.3, -0.25) is 4.79 Å². The van der Waals surface area contributed by atoms with Crippen molar-refractivity contribution in [1.82, 2.24) is 4.90 Å². The smallest absolute Gasteiger partial charge is 0.309 e. The highest BCUT2D eigenvalue weighted by atomic mass is 16.4. The maximum atomic E-state index is 11.4. The van der Waals surface area contributed by atoms with Gasteiger partial charge in [-0.15, -0.1) is 0 Å². The molecule has 0 bridgehead atoms. The Kier molecular flexibility index (Phi) is 5.44. The summed E-state index contributed by atoms with van der Waals surface area (Å²) >= 11 is 0. The Morgan fingerprint density at radius 2 is 1.94 bits per heavy atom. The molecule has 17 heavy (non-hydrogen) atoms. The third-order valence-electron chi connectivity index (χ3n) is 4.02. The predicted molar refractivity (Wildman–Crippen MR) is 70.1 cm³/mol. The third-order valence-corrected chi connectivity index (χ3v) is 4.02. The molecular formula is C14H27NO2. The lowest BCUT2D eigenvalue weighted by molar-refractivity contribution is -0.152. The van der Waals surface area contributed by atoms with Crippen LogP contribution in [0.5, 0.6) is 0 Å². The molecule has 0 aromatic carbocycles. The second kappa shape index (κ2) is 6.39. The first-order chi connectivity index (χ1) is 8.00. The zero-order valence-corrected chi connectivity index (χ0v) is 11.5. The van der Waals surface area contributed by atoms with Crippen molar-refractivity contribution in [1.29, 1.82) is 0 Å². The molecule has 1 rings (SSSR count). The summed E-state index contributed by atoms with van der Waals surface area (Å²) in [6, 6.07) is 0. The van der Waals surface area contributed by atoms with E-state index in [9.17, 15) is 9.90 Å². The van der Waals surface area contributed by atoms with Gasteiger partial charge in [0.2, 0.25) is 0 Å². The van der Waals surface area contributed by atoms with Crippen LogP contribution in [0.15, 0.2) is 0 Å². The summed E-state index contributed by atoms with van der Waals surface area (Å²) in [6.45, 7) is 9.60. The minimum atomic E-state index is -0.581. The SMILES string of the molecule is CCCC1(C(=O)O)CCN(CCC(C)C)CC1. The van der Waals surface area contributed by atoms with Gasteiger partial charge in [-0.05, 0) is 51.2 Å². The largest absolute Gasteiger partial charge is 0.481 e. The number of carbonyl (C=O) groups is 1. The molecule has 0 unspecified atom stereocenters. The van der Waals surface area contributed by atoms with Crippen molar-refractivity contribution in [3.8, 4) is 0 Å². The molecule has 0 aliphatic carbocycles. The molecule has 1 aliphatic rings. The Bertz CT molecular complexity index is 243. The Hall–Kier alpha value is -0.570. The molecule has 1 fully saturated rings. The van der Waals surface area contributed by atoms with Crippen LogP contribution in [0, 0.1) is 11.3 Å². The lowest BCUT2D eigenvalue weighted by Gasteiger charge is -2.39. The van der Waals surface area contributed by atoms with Crippen molar-refractivity contribution >= 4 is 5.97 Å². The highest BCUT2D eigenvalue weighted by Gasteiger charge is 2.40. The number of hydrogen-bond acceptors (Lipinski definition) is 2. The third kappa shape index (κ3) is 3.98. The highest BCUT2D eigenvalue weighted by Crippen LogP contribution is 2.36. The fraction of sp³-hybridized carbons (Fsp3) is 0.929. The normalized spacial score (nSPS) is 20.7. The van der Waals surface area contributed by atoms with Gasteiger partial charge in [-0.1, -0.05) is 27.2 Å². The van der Waals surface area contributed by atoms with Gasteiger partial charge < -0.3 is 10.0 Å². The monoisotopic (exact) mass is 241 g/mol. The highest BCUT2D eigenvalue weighted by molar-refractivity contribution is 5.74. The van der Waals surface area contributed by atoms with Crippen LogP contribution in [0.1, 0.15) is 52.9 Å². The van der Waals surface area contributed by atoms with Crippen LogP contribution >= 0.6 is 0 Å². The zero-order valence-electron chi connectivity index (χ0n) is 11.5. The molecule has 100 valence electrons. The number of piperidine rings is 1. The Morgan fingerprint density at radius 1 is 1.35 bits per heavy atom. The van der Waals surface area contributed by atoms with Gasteiger partial charge in [-0.25, -0.2) is 0 Å². The molecule has 3 nitrogen and oxygen atoms in total. The summed E-state index contributed by atoms with van der Waals surface area (Å²) in [7, 11) is 0. The van der Waals surface area contributed by atoms with Crippen molar-refractivity contribution < 1.29 is 9.90 Å². The van der Waals surface area contributed by atoms with Crippen LogP contribution in [0.3, 0.4) is 0 Å². The van der Waals surface area contributed by atoms with Crippen LogP contribution < -0.4 is 0 Å². The Balaban J connectivity index is 2.44. The molecule has 3 heteroatoms. The molecule has 0 atom stereocenters. The summed E-state index contributed by atoms with van der Waals surface area (Å²) in [4.78, 5) is 13.8. The Labute approximate surface area is 105 Å². The van der Waals surface area contributed by atoms with Gasteiger partial charge in [0.25, 0.3) is 0 Å². The molecule has 0 radical (unpaired) electrons. The summed E-state index contributed by atoms with van der Waals surface area (Å²) in [6.07, 6.45) is 4.68. The van der Waals surface area contributed by atoms with E-state index in [0.29, 0.717) is 0 Å². The lowest BCUT2D eigenvalue weighted by atomic mass is 9.75. The van der Waals surface area contributed by atoms with Crippen molar-refractivity contribution in [3.05, 3.63) is 0 Å². The first kappa shape index (κ1) is 14.5. The van der Waals surface area contributed by atoms with E-state index in [4.69, 9.17) is 0 Å². The second-order valence-electron chi connectivity index (χ2n) is 5.86. The fourth-order valence-corrected chi connectivity index (χ4v) is 2.69. The molecular weight excluding hydrogens is 214 g/mol. The molecule has 1 saturated heterocycles. The molecule has 0 saturated carbocycles. The molecule has 1 aliphatic heterocycles. The van der Waals surface area contributed by atoms with Crippen LogP contribution in [-0.4, -0.2) is 35.6 Å². The minimum Gasteiger partial charge on any atom is -0.481 e. The van der Waals surface area contributed by atoms with E-state index >= 15 is 0 Å². The first-order valence-electron chi connectivity index (χ1n) is 6.96. The number of aliphatic carboxylic acids is 1. The van der Waals surface area contributed by atoms with E-state index in [1.165, 1.54) is 6.42 Å². The van der Waals surface area contributed by atoms with Crippen molar-refractivity contribution in [2.45, 2.75) is 52.9 Å². The lowest BCUT2D eigenvalue weighted by Crippen LogP contribution is -2.44. The van der Waals surface area contributed by atoms with Gasteiger partial charge in [0.15, 0.2) is 0 Å². The van der Waals surface area contributed by atoms with Gasteiger partial charge in [0, 0.05) is 0 Å². The van der Waals surface area contributed by atoms with Gasteiger partial charge in [0.05, 0.1) is 5.41 Å². The van der Waals surface area contributed by atoms with Gasteiger partial charge in [0.1, 0.15) is 0 Å². The maximum absolute atomic E-state index is 11.4. The van der Waals surface area contributed by atoms with E-state index in [2.05, 4.69) is 25.7 Å². The number of nitrogens with zero attached hydrogens (tertiary/aromatic N) is 1. The van der Waals surface area contributed by atoms with Gasteiger partial charge >= 0.3 is 5.97 Å².